The first kappa shape index (κ1) is 33.9. The molecule has 2 fully saturated rings. The van der Waals surface area contributed by atoms with Crippen LogP contribution < -0.4 is 14.8 Å². The highest BCUT2D eigenvalue weighted by Gasteiger charge is 2.30. The first-order chi connectivity index (χ1) is 25.3. The van der Waals surface area contributed by atoms with Gasteiger partial charge in [0.15, 0.2) is 5.82 Å². The summed E-state index contributed by atoms with van der Waals surface area (Å²) in [5.41, 5.74) is 9.39. The number of likely N-dealkylation sites (tertiary alicyclic amines) is 2. The SMILES string of the molecule is COc1nc(O[C@@H]2CCc3c(-c4cccc(Nc5nccc6cc(CN7CC[C@@H](O)C7)cnc56)c4C)cccc32)cnc1CN1CC[C@@H](C(=O)O)C1. The van der Waals surface area contributed by atoms with Crippen molar-refractivity contribution in [2.45, 2.75) is 57.9 Å². The Kier molecular flexibility index (Phi) is 9.43. The van der Waals surface area contributed by atoms with E-state index in [0.717, 1.165) is 71.2 Å². The van der Waals surface area contributed by atoms with Crippen LogP contribution in [-0.4, -0.2) is 85.3 Å². The maximum atomic E-state index is 11.4. The van der Waals surface area contributed by atoms with Gasteiger partial charge in [0.25, 0.3) is 0 Å². The van der Waals surface area contributed by atoms with Gasteiger partial charge in [-0.1, -0.05) is 30.3 Å². The topological polar surface area (TPSA) is 146 Å². The van der Waals surface area contributed by atoms with Gasteiger partial charge < -0.3 is 25.0 Å². The lowest BCUT2D eigenvalue weighted by Crippen LogP contribution is -2.23. The van der Waals surface area contributed by atoms with E-state index in [1.807, 2.05) is 18.5 Å². The summed E-state index contributed by atoms with van der Waals surface area (Å²) in [5.74, 6) is 0.383. The van der Waals surface area contributed by atoms with Crippen molar-refractivity contribution < 1.29 is 24.5 Å². The second-order valence-electron chi connectivity index (χ2n) is 14.1. The molecular formula is C40H43N7O5. The molecule has 3 atom stereocenters. The Balaban J connectivity index is 0.992. The molecule has 3 aromatic heterocycles. The van der Waals surface area contributed by atoms with Gasteiger partial charge in [-0.15, -0.1) is 0 Å². The zero-order valence-corrected chi connectivity index (χ0v) is 29.5. The third-order valence-electron chi connectivity index (χ3n) is 10.6. The van der Waals surface area contributed by atoms with Crippen LogP contribution in [0, 0.1) is 12.8 Å². The predicted molar refractivity (Wildman–Crippen MR) is 197 cm³/mol. The van der Waals surface area contributed by atoms with Gasteiger partial charge in [0.1, 0.15) is 17.3 Å². The van der Waals surface area contributed by atoms with Gasteiger partial charge in [-0.3, -0.25) is 19.6 Å². The average molecular weight is 702 g/mol. The van der Waals surface area contributed by atoms with Crippen molar-refractivity contribution in [3.8, 4) is 22.9 Å². The summed E-state index contributed by atoms with van der Waals surface area (Å²) in [4.78, 5) is 34.5. The van der Waals surface area contributed by atoms with Crippen LogP contribution in [0.2, 0.25) is 0 Å². The smallest absolute Gasteiger partial charge is 0.307 e. The first-order valence-corrected chi connectivity index (χ1v) is 18.0. The number of aromatic nitrogens is 4. The Hall–Kier alpha value is -5.17. The number of carbonyl (C=O) groups is 1. The number of aliphatic carboxylic acids is 1. The van der Waals surface area contributed by atoms with Gasteiger partial charge in [-0.05, 0) is 90.7 Å². The Labute approximate surface area is 302 Å². The lowest BCUT2D eigenvalue weighted by molar-refractivity contribution is -0.141. The number of pyridine rings is 2. The minimum Gasteiger partial charge on any atom is -0.481 e. The van der Waals surface area contributed by atoms with Gasteiger partial charge >= 0.3 is 5.97 Å². The van der Waals surface area contributed by atoms with E-state index in [9.17, 15) is 15.0 Å². The standard InChI is InChI=1S/C40H43N7O5/c1-24-29(5-4-8-33(24)44-38-37-26(11-14-41-38)17-25(18-43-37)20-46-16-13-28(48)22-46)30-6-3-7-32-31(30)9-10-35(32)52-36-19-42-34(39(45-36)51-2)23-47-15-12-27(21-47)40(49)50/h3-8,11,14,17-19,27-28,35,48H,9-10,12-13,15-16,20-23H2,1-2H3,(H,41,44)(H,49,50)/t27-,28-,35-/m1/s1. The van der Waals surface area contributed by atoms with Crippen LogP contribution in [0.15, 0.2) is 67.1 Å². The predicted octanol–water partition coefficient (Wildman–Crippen LogP) is 5.69. The van der Waals surface area contributed by atoms with Crippen LogP contribution >= 0.6 is 0 Å². The van der Waals surface area contributed by atoms with Gasteiger partial charge in [-0.2, -0.15) is 4.98 Å². The molecule has 2 saturated heterocycles. The van der Waals surface area contributed by atoms with E-state index in [0.29, 0.717) is 55.9 Å². The highest BCUT2D eigenvalue weighted by molar-refractivity contribution is 5.91. The second-order valence-corrected chi connectivity index (χ2v) is 14.1. The zero-order chi connectivity index (χ0) is 35.8. The van der Waals surface area contributed by atoms with Crippen molar-refractivity contribution in [1.29, 1.82) is 0 Å². The quantitative estimate of drug-likeness (QED) is 0.156. The summed E-state index contributed by atoms with van der Waals surface area (Å²) in [5, 5.41) is 23.9. The van der Waals surface area contributed by atoms with Crippen LogP contribution in [0.5, 0.6) is 11.8 Å². The third-order valence-corrected chi connectivity index (χ3v) is 10.6. The Morgan fingerprint density at radius 1 is 0.962 bits per heavy atom. The Morgan fingerprint density at radius 3 is 2.60 bits per heavy atom. The Bertz CT molecular complexity index is 2130. The number of methoxy groups -OCH3 is 1. The summed E-state index contributed by atoms with van der Waals surface area (Å²) < 4.78 is 12.0. The number of β-amino-alcohol motifs (C(OH)–C–C–N with tert-alkyl or cyclic N) is 1. The minimum absolute atomic E-state index is 0.178. The maximum absolute atomic E-state index is 11.4. The van der Waals surface area contributed by atoms with E-state index < -0.39 is 5.97 Å². The molecule has 0 amide bonds. The number of fused-ring (bicyclic) bond motifs is 2. The maximum Gasteiger partial charge on any atom is 0.307 e. The molecule has 0 radical (unpaired) electrons. The van der Waals surface area contributed by atoms with Gasteiger partial charge in [-0.25, -0.2) is 9.97 Å². The van der Waals surface area contributed by atoms with Crippen molar-refractivity contribution in [3.63, 3.8) is 0 Å². The second kappa shape index (κ2) is 14.5. The van der Waals surface area contributed by atoms with Crippen molar-refractivity contribution in [2.75, 3.05) is 38.6 Å². The van der Waals surface area contributed by atoms with Crippen LogP contribution in [0.3, 0.4) is 0 Å². The molecule has 12 nitrogen and oxygen atoms in total. The van der Waals surface area contributed by atoms with Crippen molar-refractivity contribution >= 4 is 28.4 Å². The van der Waals surface area contributed by atoms with Gasteiger partial charge in [0, 0.05) is 56.2 Å². The van der Waals surface area contributed by atoms with E-state index in [1.165, 1.54) is 11.1 Å². The highest BCUT2D eigenvalue weighted by Crippen LogP contribution is 2.42. The fourth-order valence-corrected chi connectivity index (χ4v) is 7.92. The number of hydrogen-bond acceptors (Lipinski definition) is 11. The fraction of sp³-hybridized carbons (Fsp3) is 0.375. The largest absolute Gasteiger partial charge is 0.481 e. The molecule has 5 aromatic rings. The summed E-state index contributed by atoms with van der Waals surface area (Å²) in [7, 11) is 1.57. The number of aliphatic hydroxyl groups is 1. The molecule has 0 saturated carbocycles. The van der Waals surface area contributed by atoms with Gasteiger partial charge in [0.05, 0.1) is 25.3 Å². The van der Waals surface area contributed by atoms with E-state index in [-0.39, 0.29) is 18.1 Å². The molecule has 0 unspecified atom stereocenters. The average Bonchev–Trinajstić information content (AvgIpc) is 3.90. The molecule has 0 spiro atoms. The molecule has 3 N–H and O–H groups in total. The van der Waals surface area contributed by atoms with E-state index in [1.54, 1.807) is 13.3 Å². The van der Waals surface area contributed by atoms with Crippen LogP contribution in [0.4, 0.5) is 11.5 Å². The van der Waals surface area contributed by atoms with Gasteiger partial charge in [0.2, 0.25) is 11.8 Å². The Morgan fingerprint density at radius 2 is 1.79 bits per heavy atom. The van der Waals surface area contributed by atoms with E-state index in [4.69, 9.17) is 14.5 Å². The molecule has 268 valence electrons. The first-order valence-electron chi connectivity index (χ1n) is 18.0. The van der Waals surface area contributed by atoms with Crippen LogP contribution in [0.1, 0.15) is 53.3 Å². The normalized spacial score (nSPS) is 20.3. The van der Waals surface area contributed by atoms with E-state index in [2.05, 4.69) is 79.5 Å². The number of carboxylic acid groups (broad SMARTS) is 1. The number of hydrogen-bond donors (Lipinski definition) is 3. The summed E-state index contributed by atoms with van der Waals surface area (Å²) in [6.07, 6.45) is 8.07. The molecule has 1 aliphatic carbocycles. The number of nitrogens with one attached hydrogen (secondary N) is 1. The number of anilines is 2. The number of carboxylic acids is 1. The zero-order valence-electron chi connectivity index (χ0n) is 29.5. The number of aliphatic hydroxyl groups excluding tert-OH is 1. The lowest BCUT2D eigenvalue weighted by Gasteiger charge is -2.19. The van der Waals surface area contributed by atoms with Crippen LogP contribution in [-0.2, 0) is 24.3 Å². The monoisotopic (exact) mass is 701 g/mol. The molecular weight excluding hydrogens is 658 g/mol. The highest BCUT2D eigenvalue weighted by atomic mass is 16.5. The third kappa shape index (κ3) is 6.89. The number of benzene rings is 2. The number of ether oxygens (including phenoxy) is 2. The molecule has 52 heavy (non-hydrogen) atoms. The number of nitrogens with zero attached hydrogens (tertiary/aromatic N) is 6. The molecule has 3 aliphatic rings. The minimum atomic E-state index is -0.759. The molecule has 12 heteroatoms. The van der Waals surface area contributed by atoms with Crippen molar-refractivity contribution in [2.24, 2.45) is 5.92 Å². The van der Waals surface area contributed by atoms with Crippen molar-refractivity contribution in [3.05, 3.63) is 95.1 Å². The molecule has 0 bridgehead atoms. The summed E-state index contributed by atoms with van der Waals surface area (Å²) in [6, 6.07) is 16.9. The van der Waals surface area contributed by atoms with E-state index >= 15 is 0 Å². The molecule has 8 rings (SSSR count). The molecule has 2 aliphatic heterocycles. The molecule has 5 heterocycles. The fourth-order valence-electron chi connectivity index (χ4n) is 7.92. The van der Waals surface area contributed by atoms with Crippen LogP contribution in [0.25, 0.3) is 22.0 Å². The molecule has 2 aromatic carbocycles. The lowest BCUT2D eigenvalue weighted by atomic mass is 9.93. The number of rotatable bonds is 11. The van der Waals surface area contributed by atoms with Crippen molar-refractivity contribution in [1.82, 2.24) is 29.7 Å². The summed E-state index contributed by atoms with van der Waals surface area (Å²) >= 11 is 0. The summed E-state index contributed by atoms with van der Waals surface area (Å²) in [6.45, 7) is 6.16.